The van der Waals surface area contributed by atoms with E-state index in [9.17, 15) is 9.90 Å². The van der Waals surface area contributed by atoms with Crippen LogP contribution in [0.1, 0.15) is 17.2 Å². The van der Waals surface area contributed by atoms with Crippen molar-refractivity contribution < 1.29 is 14.6 Å². The van der Waals surface area contributed by atoms with E-state index in [0.717, 1.165) is 47.6 Å². The fourth-order valence-corrected chi connectivity index (χ4v) is 3.40. The second-order valence-electron chi connectivity index (χ2n) is 6.32. The third-order valence-electron chi connectivity index (χ3n) is 4.40. The lowest BCUT2D eigenvalue weighted by Crippen LogP contribution is -2.36. The Hall–Kier alpha value is -1.89. The average molecular weight is 419 g/mol. The number of anilines is 1. The van der Waals surface area contributed by atoms with E-state index in [1.54, 1.807) is 0 Å². The van der Waals surface area contributed by atoms with Gasteiger partial charge in [0.15, 0.2) is 0 Å². The number of hydrogen-bond acceptors (Lipinski definition) is 4. The Balaban J connectivity index is 1.49. The van der Waals surface area contributed by atoms with E-state index in [0.29, 0.717) is 6.42 Å². The lowest BCUT2D eigenvalue weighted by atomic mass is 10.1. The Bertz CT molecular complexity index is 730. The average Bonchev–Trinajstić information content (AvgIpc) is 2.67. The molecule has 0 bridgehead atoms. The van der Waals surface area contributed by atoms with Crippen molar-refractivity contribution in [3.63, 3.8) is 0 Å². The Kier molecular flexibility index (Phi) is 6.66. The maximum atomic E-state index is 12.1. The summed E-state index contributed by atoms with van der Waals surface area (Å²) in [7, 11) is 0. The minimum absolute atomic E-state index is 0.105. The van der Waals surface area contributed by atoms with Crippen LogP contribution >= 0.6 is 15.9 Å². The van der Waals surface area contributed by atoms with Crippen molar-refractivity contribution in [2.24, 2.45) is 0 Å². The Morgan fingerprint density at radius 3 is 2.62 bits per heavy atom. The molecule has 0 saturated carbocycles. The van der Waals surface area contributed by atoms with Crippen molar-refractivity contribution in [3.8, 4) is 0 Å². The van der Waals surface area contributed by atoms with E-state index < -0.39 is 6.10 Å². The van der Waals surface area contributed by atoms with Gasteiger partial charge in [0.05, 0.1) is 25.7 Å². The fraction of sp³-hybridized carbons (Fsp3) is 0.350. The zero-order chi connectivity index (χ0) is 18.4. The van der Waals surface area contributed by atoms with Crippen molar-refractivity contribution >= 4 is 27.5 Å². The van der Waals surface area contributed by atoms with E-state index in [1.807, 2.05) is 48.5 Å². The van der Waals surface area contributed by atoms with Gasteiger partial charge in [-0.25, -0.2) is 0 Å². The van der Waals surface area contributed by atoms with Crippen LogP contribution in [0.3, 0.4) is 0 Å². The van der Waals surface area contributed by atoms with Gasteiger partial charge in [-0.15, -0.1) is 0 Å². The molecule has 1 amide bonds. The highest BCUT2D eigenvalue weighted by Gasteiger charge is 2.13. The lowest BCUT2D eigenvalue weighted by Gasteiger charge is -2.29. The molecule has 1 heterocycles. The van der Waals surface area contributed by atoms with Gasteiger partial charge in [-0.2, -0.15) is 0 Å². The molecule has 1 aliphatic rings. The van der Waals surface area contributed by atoms with Crippen LogP contribution in [0, 0.1) is 0 Å². The maximum Gasteiger partial charge on any atom is 0.224 e. The molecule has 5 nitrogen and oxygen atoms in total. The number of nitrogens with zero attached hydrogens (tertiary/aromatic N) is 1. The number of carbonyl (C=O) groups is 1. The summed E-state index contributed by atoms with van der Waals surface area (Å²) in [5.41, 5.74) is 2.86. The SMILES string of the molecule is O=C(Cc1cccc(Br)c1)NCC(O)c1ccc(N2CCOCC2)cc1. The molecule has 0 aliphatic carbocycles. The first-order chi connectivity index (χ1) is 12.6. The van der Waals surface area contributed by atoms with Gasteiger partial charge < -0.3 is 20.1 Å². The predicted molar refractivity (Wildman–Crippen MR) is 105 cm³/mol. The van der Waals surface area contributed by atoms with Gasteiger partial charge >= 0.3 is 0 Å². The third kappa shape index (κ3) is 5.30. The van der Waals surface area contributed by atoms with Crippen LogP contribution in [0.2, 0.25) is 0 Å². The highest BCUT2D eigenvalue weighted by molar-refractivity contribution is 9.10. The van der Waals surface area contributed by atoms with Gasteiger partial charge in [0.2, 0.25) is 5.91 Å². The summed E-state index contributed by atoms with van der Waals surface area (Å²) < 4.78 is 6.31. The number of ether oxygens (including phenoxy) is 1. The highest BCUT2D eigenvalue weighted by atomic mass is 79.9. The molecule has 0 spiro atoms. The number of amides is 1. The van der Waals surface area contributed by atoms with Crippen LogP contribution in [-0.4, -0.2) is 43.9 Å². The summed E-state index contributed by atoms with van der Waals surface area (Å²) in [5, 5.41) is 13.1. The molecule has 1 atom stereocenters. The van der Waals surface area contributed by atoms with E-state index in [1.165, 1.54) is 0 Å². The molecule has 1 aliphatic heterocycles. The van der Waals surface area contributed by atoms with Gasteiger partial charge in [-0.3, -0.25) is 4.79 Å². The molecule has 1 unspecified atom stereocenters. The number of carbonyl (C=O) groups excluding carboxylic acids is 1. The van der Waals surface area contributed by atoms with Gasteiger partial charge in [0.1, 0.15) is 0 Å². The summed E-state index contributed by atoms with van der Waals surface area (Å²) in [6, 6.07) is 15.5. The number of aliphatic hydroxyl groups excluding tert-OH is 1. The Morgan fingerprint density at radius 1 is 1.19 bits per heavy atom. The van der Waals surface area contributed by atoms with Gasteiger partial charge in [0.25, 0.3) is 0 Å². The fourth-order valence-electron chi connectivity index (χ4n) is 2.95. The number of aliphatic hydroxyl groups is 1. The number of halogens is 1. The molecule has 2 N–H and O–H groups in total. The lowest BCUT2D eigenvalue weighted by molar-refractivity contribution is -0.120. The molecule has 6 heteroatoms. The summed E-state index contributed by atoms with van der Waals surface area (Å²) in [5.74, 6) is -0.105. The minimum atomic E-state index is -0.722. The van der Waals surface area contributed by atoms with Crippen molar-refractivity contribution in [2.75, 3.05) is 37.7 Å². The predicted octanol–water partition coefficient (Wildman–Crippen LogP) is 2.68. The maximum absolute atomic E-state index is 12.1. The molecule has 2 aromatic rings. The van der Waals surface area contributed by atoms with E-state index in [4.69, 9.17) is 4.74 Å². The van der Waals surface area contributed by atoms with Crippen LogP contribution in [0.15, 0.2) is 53.0 Å². The van der Waals surface area contributed by atoms with Gasteiger partial charge in [0, 0.05) is 29.8 Å². The molecule has 26 heavy (non-hydrogen) atoms. The molecular weight excluding hydrogens is 396 g/mol. The molecule has 3 rings (SSSR count). The first-order valence-electron chi connectivity index (χ1n) is 8.74. The first kappa shape index (κ1) is 18.9. The van der Waals surface area contributed by atoms with Crippen molar-refractivity contribution in [1.82, 2.24) is 5.32 Å². The number of hydrogen-bond donors (Lipinski definition) is 2. The zero-order valence-corrected chi connectivity index (χ0v) is 16.1. The molecule has 1 saturated heterocycles. The van der Waals surface area contributed by atoms with Gasteiger partial charge in [-0.1, -0.05) is 40.2 Å². The van der Waals surface area contributed by atoms with Crippen LogP contribution in [0.25, 0.3) is 0 Å². The summed E-state index contributed by atoms with van der Waals surface area (Å²) in [6.45, 7) is 3.45. The molecule has 0 aromatic heterocycles. The highest BCUT2D eigenvalue weighted by Crippen LogP contribution is 2.20. The topological polar surface area (TPSA) is 61.8 Å². The second-order valence-corrected chi connectivity index (χ2v) is 7.23. The van der Waals surface area contributed by atoms with Crippen LogP contribution in [0.5, 0.6) is 0 Å². The largest absolute Gasteiger partial charge is 0.387 e. The van der Waals surface area contributed by atoms with E-state index >= 15 is 0 Å². The van der Waals surface area contributed by atoms with Crippen molar-refractivity contribution in [2.45, 2.75) is 12.5 Å². The normalized spacial score (nSPS) is 15.5. The summed E-state index contributed by atoms with van der Waals surface area (Å²) >= 11 is 3.40. The molecule has 1 fully saturated rings. The molecule has 138 valence electrons. The summed E-state index contributed by atoms with van der Waals surface area (Å²) in [4.78, 5) is 14.3. The van der Waals surface area contributed by atoms with E-state index in [2.05, 4.69) is 26.1 Å². The minimum Gasteiger partial charge on any atom is -0.387 e. The van der Waals surface area contributed by atoms with Crippen molar-refractivity contribution in [3.05, 3.63) is 64.1 Å². The second kappa shape index (κ2) is 9.16. The zero-order valence-electron chi connectivity index (χ0n) is 14.5. The van der Waals surface area contributed by atoms with Crippen LogP contribution in [0.4, 0.5) is 5.69 Å². The van der Waals surface area contributed by atoms with Crippen LogP contribution in [-0.2, 0) is 16.0 Å². The first-order valence-corrected chi connectivity index (χ1v) is 9.53. The Labute approximate surface area is 162 Å². The van der Waals surface area contributed by atoms with E-state index in [-0.39, 0.29) is 12.5 Å². The number of morpholine rings is 1. The number of nitrogens with one attached hydrogen (secondary N) is 1. The standard InChI is InChI=1S/C20H23BrN2O3/c21-17-3-1-2-15(12-17)13-20(25)22-14-19(24)16-4-6-18(7-5-16)23-8-10-26-11-9-23/h1-7,12,19,24H,8-11,13-14H2,(H,22,25). The molecular formula is C20H23BrN2O3. The van der Waals surface area contributed by atoms with Crippen LogP contribution < -0.4 is 10.2 Å². The number of rotatable bonds is 6. The quantitative estimate of drug-likeness (QED) is 0.756. The molecule has 0 radical (unpaired) electrons. The third-order valence-corrected chi connectivity index (χ3v) is 4.89. The summed E-state index contributed by atoms with van der Waals surface area (Å²) in [6.07, 6.45) is -0.428. The number of benzene rings is 2. The van der Waals surface area contributed by atoms with Crippen molar-refractivity contribution in [1.29, 1.82) is 0 Å². The van der Waals surface area contributed by atoms with Gasteiger partial charge in [-0.05, 0) is 35.4 Å². The Morgan fingerprint density at radius 2 is 1.92 bits per heavy atom. The molecule has 2 aromatic carbocycles. The monoisotopic (exact) mass is 418 g/mol. The smallest absolute Gasteiger partial charge is 0.224 e.